The molecule has 0 radical (unpaired) electrons. The minimum absolute atomic E-state index is 0.285. The summed E-state index contributed by atoms with van der Waals surface area (Å²) in [5.41, 5.74) is 0. The first-order valence-corrected chi connectivity index (χ1v) is 6.80. The fourth-order valence-corrected chi connectivity index (χ4v) is 2.52. The van der Waals surface area contributed by atoms with Gasteiger partial charge in [-0.15, -0.1) is 0 Å². The Labute approximate surface area is 104 Å². The van der Waals surface area contributed by atoms with Crippen LogP contribution in [0.2, 0.25) is 0 Å². The Bertz CT molecular complexity index is 248. The molecule has 98 valence electrons. The molecule has 0 bridgehead atoms. The molecule has 1 N–H and O–H groups in total. The van der Waals surface area contributed by atoms with E-state index in [9.17, 15) is 4.79 Å². The molecule has 1 heterocycles. The number of piperidine rings is 1. The molecular formula is C13H24N2O2. The number of carbonyl (C=O) groups is 1. The van der Waals surface area contributed by atoms with Gasteiger partial charge in [0.15, 0.2) is 0 Å². The van der Waals surface area contributed by atoms with E-state index >= 15 is 0 Å². The first kappa shape index (κ1) is 12.8. The number of methoxy groups -OCH3 is 1. The predicted molar refractivity (Wildman–Crippen MR) is 66.8 cm³/mol. The lowest BCUT2D eigenvalue weighted by Crippen LogP contribution is -2.40. The van der Waals surface area contributed by atoms with Crippen molar-refractivity contribution in [2.24, 2.45) is 5.92 Å². The Morgan fingerprint density at radius 2 is 2.00 bits per heavy atom. The van der Waals surface area contributed by atoms with Crippen molar-refractivity contribution in [3.8, 4) is 0 Å². The van der Waals surface area contributed by atoms with Gasteiger partial charge in [0.1, 0.15) is 0 Å². The van der Waals surface area contributed by atoms with Gasteiger partial charge in [-0.3, -0.25) is 4.79 Å². The van der Waals surface area contributed by atoms with Gasteiger partial charge in [-0.25, -0.2) is 0 Å². The van der Waals surface area contributed by atoms with E-state index in [2.05, 4.69) is 10.2 Å². The summed E-state index contributed by atoms with van der Waals surface area (Å²) < 4.78 is 5.00. The van der Waals surface area contributed by atoms with Crippen molar-refractivity contribution in [2.75, 3.05) is 33.4 Å². The molecule has 1 aliphatic carbocycles. The van der Waals surface area contributed by atoms with E-state index in [-0.39, 0.29) is 5.91 Å². The summed E-state index contributed by atoms with van der Waals surface area (Å²) in [7, 11) is 1.65. The molecule has 1 aliphatic heterocycles. The molecule has 2 rings (SSSR count). The zero-order chi connectivity index (χ0) is 12.1. The highest BCUT2D eigenvalue weighted by molar-refractivity contribution is 5.77. The predicted octanol–water partition coefficient (Wildman–Crippen LogP) is 1.01. The van der Waals surface area contributed by atoms with Gasteiger partial charge in [-0.2, -0.15) is 0 Å². The van der Waals surface area contributed by atoms with Gasteiger partial charge < -0.3 is 15.0 Å². The lowest BCUT2D eigenvalue weighted by molar-refractivity contribution is -0.133. The van der Waals surface area contributed by atoms with Crippen molar-refractivity contribution in [3.05, 3.63) is 0 Å². The Kier molecular flexibility index (Phi) is 4.80. The summed E-state index contributed by atoms with van der Waals surface area (Å²) in [6.45, 7) is 3.73. The molecule has 17 heavy (non-hydrogen) atoms. The third-order valence-corrected chi connectivity index (χ3v) is 3.74. The lowest BCUT2D eigenvalue weighted by Gasteiger charge is -2.30. The molecule has 0 unspecified atom stereocenters. The number of ether oxygens (including phenoxy) is 1. The maximum absolute atomic E-state index is 12.1. The van der Waals surface area contributed by atoms with Gasteiger partial charge in [0.05, 0.1) is 13.0 Å². The summed E-state index contributed by atoms with van der Waals surface area (Å²) >= 11 is 0. The van der Waals surface area contributed by atoms with Crippen LogP contribution in [0.1, 0.15) is 32.1 Å². The third-order valence-electron chi connectivity index (χ3n) is 3.74. The van der Waals surface area contributed by atoms with Crippen molar-refractivity contribution in [3.63, 3.8) is 0 Å². The smallest absolute Gasteiger partial charge is 0.225 e. The van der Waals surface area contributed by atoms with Crippen molar-refractivity contribution in [2.45, 2.75) is 38.1 Å². The van der Waals surface area contributed by atoms with E-state index in [4.69, 9.17) is 4.74 Å². The number of rotatable bonds is 6. The Hall–Kier alpha value is -0.610. The molecule has 2 fully saturated rings. The highest BCUT2D eigenvalue weighted by Crippen LogP contribution is 2.29. The summed E-state index contributed by atoms with van der Waals surface area (Å²) in [5.74, 6) is 0.983. The van der Waals surface area contributed by atoms with Crippen LogP contribution in [-0.4, -0.2) is 50.2 Å². The third kappa shape index (κ3) is 3.96. The minimum atomic E-state index is 0.285. The quantitative estimate of drug-likeness (QED) is 0.753. The standard InChI is InChI=1S/C13H24N2O2/c1-17-9-6-13(16)15(12-2-3-12)10-11-4-7-14-8-5-11/h11-12,14H,2-10H2,1H3. The van der Waals surface area contributed by atoms with Gasteiger partial charge in [-0.05, 0) is 44.7 Å². The van der Waals surface area contributed by atoms with Crippen molar-refractivity contribution in [1.82, 2.24) is 10.2 Å². The van der Waals surface area contributed by atoms with E-state index in [0.717, 1.165) is 19.6 Å². The molecule has 4 nitrogen and oxygen atoms in total. The van der Waals surface area contributed by atoms with Crippen LogP contribution in [-0.2, 0) is 9.53 Å². The van der Waals surface area contributed by atoms with Crippen LogP contribution in [0, 0.1) is 5.92 Å². The summed E-state index contributed by atoms with van der Waals surface area (Å²) in [4.78, 5) is 14.2. The van der Waals surface area contributed by atoms with Gasteiger partial charge in [0.25, 0.3) is 0 Å². The Morgan fingerprint density at radius 3 is 2.59 bits per heavy atom. The molecular weight excluding hydrogens is 216 g/mol. The normalized spacial score (nSPS) is 21.5. The van der Waals surface area contributed by atoms with Gasteiger partial charge in [-0.1, -0.05) is 0 Å². The maximum atomic E-state index is 12.1. The van der Waals surface area contributed by atoms with Gasteiger partial charge >= 0.3 is 0 Å². The van der Waals surface area contributed by atoms with Crippen LogP contribution in [0.15, 0.2) is 0 Å². The molecule has 0 aromatic carbocycles. The van der Waals surface area contributed by atoms with Gasteiger partial charge in [0, 0.05) is 19.7 Å². The van der Waals surface area contributed by atoms with E-state index in [1.54, 1.807) is 7.11 Å². The first-order chi connectivity index (χ1) is 8.31. The molecule has 0 atom stereocenters. The highest BCUT2D eigenvalue weighted by Gasteiger charge is 2.33. The second-order valence-electron chi connectivity index (χ2n) is 5.21. The van der Waals surface area contributed by atoms with Crippen LogP contribution >= 0.6 is 0 Å². The molecule has 4 heteroatoms. The molecule has 1 saturated carbocycles. The van der Waals surface area contributed by atoms with E-state index in [1.165, 1.54) is 25.7 Å². The number of amides is 1. The maximum Gasteiger partial charge on any atom is 0.225 e. The van der Waals surface area contributed by atoms with E-state index in [1.807, 2.05) is 0 Å². The second kappa shape index (κ2) is 6.36. The van der Waals surface area contributed by atoms with Crippen LogP contribution < -0.4 is 5.32 Å². The summed E-state index contributed by atoms with van der Waals surface area (Å²) in [5, 5.41) is 3.37. The lowest BCUT2D eigenvalue weighted by atomic mass is 9.97. The molecule has 0 aromatic heterocycles. The number of carbonyl (C=O) groups excluding carboxylic acids is 1. The second-order valence-corrected chi connectivity index (χ2v) is 5.21. The first-order valence-electron chi connectivity index (χ1n) is 6.80. The number of hydrogen-bond donors (Lipinski definition) is 1. The molecule has 0 aromatic rings. The molecule has 0 spiro atoms. The summed E-state index contributed by atoms with van der Waals surface area (Å²) in [6, 6.07) is 0.536. The van der Waals surface area contributed by atoms with Crippen LogP contribution in [0.5, 0.6) is 0 Å². The Morgan fingerprint density at radius 1 is 1.29 bits per heavy atom. The van der Waals surface area contributed by atoms with Crippen LogP contribution in [0.3, 0.4) is 0 Å². The number of nitrogens with one attached hydrogen (secondary N) is 1. The van der Waals surface area contributed by atoms with E-state index < -0.39 is 0 Å². The molecule has 1 saturated heterocycles. The van der Waals surface area contributed by atoms with Crippen molar-refractivity contribution in [1.29, 1.82) is 0 Å². The fourth-order valence-electron chi connectivity index (χ4n) is 2.52. The molecule has 1 amide bonds. The largest absolute Gasteiger partial charge is 0.384 e. The number of hydrogen-bond acceptors (Lipinski definition) is 3. The average Bonchev–Trinajstić information content (AvgIpc) is 3.18. The van der Waals surface area contributed by atoms with Crippen LogP contribution in [0.4, 0.5) is 0 Å². The van der Waals surface area contributed by atoms with Crippen LogP contribution in [0.25, 0.3) is 0 Å². The van der Waals surface area contributed by atoms with Crippen molar-refractivity contribution < 1.29 is 9.53 Å². The SMILES string of the molecule is COCCC(=O)N(CC1CCNCC1)C1CC1. The monoisotopic (exact) mass is 240 g/mol. The zero-order valence-electron chi connectivity index (χ0n) is 10.8. The average molecular weight is 240 g/mol. The highest BCUT2D eigenvalue weighted by atomic mass is 16.5. The molecule has 2 aliphatic rings. The van der Waals surface area contributed by atoms with Crippen molar-refractivity contribution >= 4 is 5.91 Å². The number of nitrogens with zero attached hydrogens (tertiary/aromatic N) is 1. The van der Waals surface area contributed by atoms with E-state index in [0.29, 0.717) is 25.0 Å². The van der Waals surface area contributed by atoms with Gasteiger partial charge in [0.2, 0.25) is 5.91 Å². The fraction of sp³-hybridized carbons (Fsp3) is 0.923. The zero-order valence-corrected chi connectivity index (χ0v) is 10.8. The topological polar surface area (TPSA) is 41.6 Å². The minimum Gasteiger partial charge on any atom is -0.384 e. The Balaban J connectivity index is 1.81. The summed E-state index contributed by atoms with van der Waals surface area (Å²) in [6.07, 6.45) is 5.35.